The van der Waals surface area contributed by atoms with E-state index in [1.54, 1.807) is 35.6 Å². The Bertz CT molecular complexity index is 1620. The molecule has 0 aliphatic rings. The SMILES string of the molecule is NC(=O)c1ccc2c(c1)nc(Nc1ccc(S(N)(=O)=O)cc1)n2Cc1csc2ccccc12. The average molecular weight is 478 g/mol. The number of amides is 1. The maximum Gasteiger partial charge on any atom is 0.248 e. The van der Waals surface area contributed by atoms with Gasteiger partial charge in [0, 0.05) is 16.0 Å². The highest BCUT2D eigenvalue weighted by Gasteiger charge is 2.16. The number of sulfonamides is 1. The van der Waals surface area contributed by atoms with Crippen LogP contribution in [0.25, 0.3) is 21.1 Å². The summed E-state index contributed by atoms with van der Waals surface area (Å²) in [5.41, 5.74) is 9.06. The molecule has 0 aliphatic heterocycles. The summed E-state index contributed by atoms with van der Waals surface area (Å²) >= 11 is 1.68. The van der Waals surface area contributed by atoms with E-state index in [1.807, 2.05) is 22.8 Å². The Morgan fingerprint density at radius 2 is 1.82 bits per heavy atom. The molecule has 166 valence electrons. The summed E-state index contributed by atoms with van der Waals surface area (Å²) < 4.78 is 26.3. The molecule has 0 saturated heterocycles. The normalized spacial score (nSPS) is 11.8. The van der Waals surface area contributed by atoms with Crippen LogP contribution in [0.5, 0.6) is 0 Å². The largest absolute Gasteiger partial charge is 0.366 e. The minimum absolute atomic E-state index is 0.0254. The zero-order chi connectivity index (χ0) is 23.2. The van der Waals surface area contributed by atoms with Crippen LogP contribution in [0.2, 0.25) is 0 Å². The van der Waals surface area contributed by atoms with Crippen molar-refractivity contribution in [3.63, 3.8) is 0 Å². The zero-order valence-electron chi connectivity index (χ0n) is 17.2. The Labute approximate surface area is 193 Å². The van der Waals surface area contributed by atoms with Gasteiger partial charge in [-0.2, -0.15) is 0 Å². The third kappa shape index (κ3) is 4.07. The van der Waals surface area contributed by atoms with Crippen LogP contribution in [-0.4, -0.2) is 23.9 Å². The molecule has 0 aliphatic carbocycles. The van der Waals surface area contributed by atoms with E-state index in [0.717, 1.165) is 11.1 Å². The van der Waals surface area contributed by atoms with Gasteiger partial charge in [-0.25, -0.2) is 18.5 Å². The second-order valence-corrected chi connectivity index (χ2v) is 10.0. The first-order valence-electron chi connectivity index (χ1n) is 9.95. The molecule has 1 amide bonds. The molecule has 0 spiro atoms. The van der Waals surface area contributed by atoms with Gasteiger partial charge in [0.2, 0.25) is 21.9 Å². The number of nitrogens with one attached hydrogen (secondary N) is 1. The Morgan fingerprint density at radius 3 is 2.55 bits per heavy atom. The lowest BCUT2D eigenvalue weighted by Gasteiger charge is -2.11. The number of aromatic nitrogens is 2. The molecule has 0 radical (unpaired) electrons. The van der Waals surface area contributed by atoms with Gasteiger partial charge in [0.1, 0.15) is 0 Å². The number of carbonyl (C=O) groups excluding carboxylic acids is 1. The molecule has 0 atom stereocenters. The van der Waals surface area contributed by atoms with Crippen molar-refractivity contribution in [2.45, 2.75) is 11.4 Å². The highest BCUT2D eigenvalue weighted by atomic mass is 32.2. The monoisotopic (exact) mass is 477 g/mol. The summed E-state index contributed by atoms with van der Waals surface area (Å²) in [6.45, 7) is 0.550. The van der Waals surface area contributed by atoms with E-state index in [1.165, 1.54) is 22.2 Å². The van der Waals surface area contributed by atoms with Crippen molar-refractivity contribution >= 4 is 60.0 Å². The predicted molar refractivity (Wildman–Crippen MR) is 130 cm³/mol. The number of carbonyl (C=O) groups is 1. The minimum Gasteiger partial charge on any atom is -0.366 e. The first-order valence-corrected chi connectivity index (χ1v) is 12.4. The fraction of sp³-hybridized carbons (Fsp3) is 0.0435. The van der Waals surface area contributed by atoms with Crippen molar-refractivity contribution in [1.82, 2.24) is 9.55 Å². The van der Waals surface area contributed by atoms with Gasteiger partial charge in [-0.1, -0.05) is 18.2 Å². The molecule has 0 unspecified atom stereocenters. The van der Waals surface area contributed by atoms with E-state index in [4.69, 9.17) is 10.9 Å². The van der Waals surface area contributed by atoms with E-state index in [0.29, 0.717) is 29.3 Å². The lowest BCUT2D eigenvalue weighted by molar-refractivity contribution is 0.100. The van der Waals surface area contributed by atoms with Gasteiger partial charge >= 0.3 is 0 Å². The van der Waals surface area contributed by atoms with Gasteiger partial charge in [-0.3, -0.25) is 4.79 Å². The molecule has 10 heteroatoms. The van der Waals surface area contributed by atoms with Gasteiger partial charge in [-0.15, -0.1) is 11.3 Å². The van der Waals surface area contributed by atoms with Crippen LogP contribution < -0.4 is 16.2 Å². The first-order chi connectivity index (χ1) is 15.8. The Kier molecular flexibility index (Phi) is 5.12. The van der Waals surface area contributed by atoms with Gasteiger partial charge in [0.05, 0.1) is 22.5 Å². The van der Waals surface area contributed by atoms with E-state index in [9.17, 15) is 13.2 Å². The molecule has 2 aromatic heterocycles. The summed E-state index contributed by atoms with van der Waals surface area (Å²) in [7, 11) is -3.78. The Morgan fingerprint density at radius 1 is 1.06 bits per heavy atom. The number of fused-ring (bicyclic) bond motifs is 2. The molecular weight excluding hydrogens is 458 g/mol. The van der Waals surface area contributed by atoms with Gasteiger partial charge < -0.3 is 15.6 Å². The van der Waals surface area contributed by atoms with Crippen molar-refractivity contribution < 1.29 is 13.2 Å². The Balaban J connectivity index is 1.59. The molecule has 8 nitrogen and oxygen atoms in total. The summed E-state index contributed by atoms with van der Waals surface area (Å²) in [6.07, 6.45) is 0. The van der Waals surface area contributed by atoms with Crippen molar-refractivity contribution in [3.05, 3.63) is 83.2 Å². The summed E-state index contributed by atoms with van der Waals surface area (Å²) in [6, 6.07) is 19.5. The van der Waals surface area contributed by atoms with E-state index in [-0.39, 0.29) is 4.90 Å². The predicted octanol–water partition coefficient (Wildman–Crippen LogP) is 3.79. The molecule has 2 heterocycles. The number of hydrogen-bond donors (Lipinski definition) is 3. The number of anilines is 2. The lowest BCUT2D eigenvalue weighted by atomic mass is 10.1. The number of primary sulfonamides is 1. The van der Waals surface area contributed by atoms with Crippen LogP contribution >= 0.6 is 11.3 Å². The summed E-state index contributed by atoms with van der Waals surface area (Å²) in [5, 5.41) is 11.7. The standard InChI is InChI=1S/C23H19N5O3S2/c24-22(29)14-5-10-20-19(11-14)27-23(26-16-6-8-17(9-7-16)33(25,30)31)28(20)12-15-13-32-21-4-2-1-3-18(15)21/h1-11,13H,12H2,(H2,24,29)(H,26,27)(H2,25,30,31). The quantitative estimate of drug-likeness (QED) is 0.342. The smallest absolute Gasteiger partial charge is 0.248 e. The third-order valence-electron chi connectivity index (χ3n) is 5.36. The average Bonchev–Trinajstić information content (AvgIpc) is 3.35. The van der Waals surface area contributed by atoms with Crippen LogP contribution in [0.15, 0.2) is 77.0 Å². The van der Waals surface area contributed by atoms with Crippen molar-refractivity contribution in [2.75, 3.05) is 5.32 Å². The molecule has 5 N–H and O–H groups in total. The number of benzene rings is 3. The zero-order valence-corrected chi connectivity index (χ0v) is 18.9. The van der Waals surface area contributed by atoms with Gasteiger partial charge in [-0.05, 0) is 64.9 Å². The lowest BCUT2D eigenvalue weighted by Crippen LogP contribution is -2.12. The topological polar surface area (TPSA) is 133 Å². The number of nitrogens with zero attached hydrogens (tertiary/aromatic N) is 2. The first kappa shape index (κ1) is 21.1. The van der Waals surface area contributed by atoms with Crippen LogP contribution in [-0.2, 0) is 16.6 Å². The number of thiophene rings is 1. The molecule has 0 saturated carbocycles. The minimum atomic E-state index is -3.78. The van der Waals surface area contributed by atoms with Gasteiger partial charge in [0.25, 0.3) is 0 Å². The highest BCUT2D eigenvalue weighted by Crippen LogP contribution is 2.30. The van der Waals surface area contributed by atoms with Crippen LogP contribution in [0.1, 0.15) is 15.9 Å². The van der Waals surface area contributed by atoms with Crippen LogP contribution in [0.4, 0.5) is 11.6 Å². The van der Waals surface area contributed by atoms with E-state index < -0.39 is 15.9 Å². The molecule has 0 bridgehead atoms. The van der Waals surface area contributed by atoms with E-state index >= 15 is 0 Å². The second kappa shape index (κ2) is 8.00. The van der Waals surface area contributed by atoms with Crippen molar-refractivity contribution in [1.29, 1.82) is 0 Å². The number of rotatable bonds is 6. The number of primary amides is 1. The summed E-state index contributed by atoms with van der Waals surface area (Å²) in [4.78, 5) is 16.4. The maximum atomic E-state index is 11.7. The van der Waals surface area contributed by atoms with Crippen molar-refractivity contribution in [3.8, 4) is 0 Å². The summed E-state index contributed by atoms with van der Waals surface area (Å²) in [5.74, 6) is 0.0219. The fourth-order valence-electron chi connectivity index (χ4n) is 3.72. The molecule has 3 aromatic carbocycles. The molecular formula is C23H19N5O3S2. The molecule has 5 rings (SSSR count). The van der Waals surface area contributed by atoms with Gasteiger partial charge in [0.15, 0.2) is 0 Å². The van der Waals surface area contributed by atoms with Crippen molar-refractivity contribution in [2.24, 2.45) is 10.9 Å². The second-order valence-electron chi connectivity index (χ2n) is 7.54. The molecule has 33 heavy (non-hydrogen) atoms. The maximum absolute atomic E-state index is 11.7. The highest BCUT2D eigenvalue weighted by molar-refractivity contribution is 7.89. The fourth-order valence-corrected chi connectivity index (χ4v) is 5.19. The van der Waals surface area contributed by atoms with E-state index in [2.05, 4.69) is 27.8 Å². The Hall–Kier alpha value is -3.73. The molecule has 0 fully saturated rings. The van der Waals surface area contributed by atoms with Crippen LogP contribution in [0.3, 0.4) is 0 Å². The number of nitrogens with two attached hydrogens (primary N) is 2. The van der Waals surface area contributed by atoms with Crippen LogP contribution in [0, 0.1) is 0 Å². The third-order valence-corrected chi connectivity index (χ3v) is 7.30. The number of imidazole rings is 1. The molecule has 5 aromatic rings. The number of hydrogen-bond acceptors (Lipinski definition) is 6.